The average molecular weight is 1070 g/mol. The lowest BCUT2D eigenvalue weighted by atomic mass is 9.44. The van der Waals surface area contributed by atoms with Crippen LogP contribution in [-0.2, 0) is 42.6 Å². The molecule has 9 rings (SSSR count). The fourth-order valence-electron chi connectivity index (χ4n) is 15.2. The number of rotatable bonds is 15. The number of hydrogen-bond acceptors (Lipinski definition) is 23. The minimum absolute atomic E-state index is 0.00848. The number of allylic oxidation sites excluding steroid dienone is 1. The summed E-state index contributed by atoms with van der Waals surface area (Å²) in [5, 5.41) is 149. The average Bonchev–Trinajstić information content (AvgIpc) is 3.87. The van der Waals surface area contributed by atoms with Crippen LogP contribution in [0.4, 0.5) is 0 Å². The molecule has 0 aromatic rings. The minimum Gasteiger partial charge on any atom is -0.494 e. The summed E-state index contributed by atoms with van der Waals surface area (Å²) in [6, 6.07) is 0. The van der Waals surface area contributed by atoms with E-state index in [0.29, 0.717) is 37.0 Å². The van der Waals surface area contributed by atoms with Crippen molar-refractivity contribution in [1.29, 1.82) is 0 Å². The van der Waals surface area contributed by atoms with Gasteiger partial charge in [-0.2, -0.15) is 0 Å². The van der Waals surface area contributed by atoms with E-state index < -0.39 is 155 Å². The maximum Gasteiger partial charge on any atom is 0.187 e. The molecule has 0 aromatic heterocycles. The second-order valence-corrected chi connectivity index (χ2v) is 23.8. The molecule has 0 radical (unpaired) electrons. The van der Waals surface area contributed by atoms with Crippen molar-refractivity contribution in [2.75, 3.05) is 26.4 Å². The van der Waals surface area contributed by atoms with Crippen LogP contribution >= 0.6 is 0 Å². The largest absolute Gasteiger partial charge is 0.494 e. The maximum atomic E-state index is 12.2. The molecule has 0 spiro atoms. The molecule has 7 unspecified atom stereocenters. The number of ether oxygens (including phenoxy) is 9. The standard InChI is InChI=1S/C51H84O23/c1-19(18-66-46-41(63)39(61)35(57)30(15-52)70-46)6-9-27-20(2)33-29(68-27)13-25-23-8-7-22-12-28(26(55)14-51(22,5)24(23)10-11-50(25,33)4)69-49-45(74-47-42(64)38(60)34(56)21(3)67-47)44(37(59)32(17-54)72-49)73-48-43(65)40(62)36(58)31(16-53)71-48/h19,21-26,28-49,52-65H,6-18H2,1-5H3/t19-,21-,22?,23?,24?,25?,26?,28+,29?,30+,31+,32+,33?,34-,35+,36+,37+,38+,39-,40-,41+,42+,43+,44-,45+,46+,47-,48-,49+,50-,51-/m0/s1. The molecule has 23 nitrogen and oxygen atoms in total. The first kappa shape index (κ1) is 57.3. The Kier molecular flexibility index (Phi) is 17.6. The van der Waals surface area contributed by atoms with E-state index in [2.05, 4.69) is 20.8 Å². The number of aliphatic hydroxyl groups is 14. The van der Waals surface area contributed by atoms with Crippen molar-refractivity contribution < 1.29 is 114 Å². The highest BCUT2D eigenvalue weighted by atomic mass is 16.8. The highest BCUT2D eigenvalue weighted by Crippen LogP contribution is 2.70. The first-order valence-corrected chi connectivity index (χ1v) is 26.9. The van der Waals surface area contributed by atoms with Gasteiger partial charge in [0.15, 0.2) is 25.2 Å². The van der Waals surface area contributed by atoms with Crippen LogP contribution in [0, 0.1) is 46.3 Å². The second kappa shape index (κ2) is 22.7. The van der Waals surface area contributed by atoms with Gasteiger partial charge in [-0.1, -0.05) is 20.8 Å². The van der Waals surface area contributed by atoms with Crippen molar-refractivity contribution in [3.63, 3.8) is 0 Å². The van der Waals surface area contributed by atoms with E-state index >= 15 is 0 Å². The highest BCUT2D eigenvalue weighted by molar-refractivity contribution is 5.27. The van der Waals surface area contributed by atoms with Crippen molar-refractivity contribution in [3.05, 3.63) is 11.3 Å². The lowest BCUT2D eigenvalue weighted by molar-refractivity contribution is -0.397. The van der Waals surface area contributed by atoms with Gasteiger partial charge in [-0.3, -0.25) is 0 Å². The van der Waals surface area contributed by atoms with Gasteiger partial charge in [-0.05, 0) is 111 Å². The summed E-state index contributed by atoms with van der Waals surface area (Å²) in [5.41, 5.74) is 1.03. The molecule has 14 N–H and O–H groups in total. The van der Waals surface area contributed by atoms with Gasteiger partial charge in [0.1, 0.15) is 97.7 Å². The van der Waals surface area contributed by atoms with Gasteiger partial charge in [-0.15, -0.1) is 0 Å². The van der Waals surface area contributed by atoms with Crippen molar-refractivity contribution in [1.82, 2.24) is 0 Å². The molecule has 0 amide bonds. The molecule has 4 aliphatic carbocycles. The van der Waals surface area contributed by atoms with Crippen LogP contribution < -0.4 is 0 Å². The molecular formula is C51H84O23. The predicted molar refractivity (Wildman–Crippen MR) is 250 cm³/mol. The van der Waals surface area contributed by atoms with Gasteiger partial charge in [0, 0.05) is 12.3 Å². The van der Waals surface area contributed by atoms with Gasteiger partial charge in [0.2, 0.25) is 0 Å². The Morgan fingerprint density at radius 3 is 1.81 bits per heavy atom. The minimum atomic E-state index is -1.91. The quantitative estimate of drug-likeness (QED) is 0.0727. The lowest BCUT2D eigenvalue weighted by Gasteiger charge is -2.61. The van der Waals surface area contributed by atoms with Crippen LogP contribution in [0.1, 0.15) is 92.4 Å². The zero-order valence-electron chi connectivity index (χ0n) is 42.9. The van der Waals surface area contributed by atoms with Crippen LogP contribution in [-0.4, -0.2) is 239 Å². The van der Waals surface area contributed by atoms with Crippen molar-refractivity contribution in [3.8, 4) is 0 Å². The number of hydrogen-bond donors (Lipinski definition) is 14. The molecule has 74 heavy (non-hydrogen) atoms. The maximum absolute atomic E-state index is 12.2. The predicted octanol–water partition coefficient (Wildman–Crippen LogP) is -3.01. The Morgan fingerprint density at radius 2 is 1.16 bits per heavy atom. The van der Waals surface area contributed by atoms with Gasteiger partial charge in [0.25, 0.3) is 0 Å². The van der Waals surface area contributed by atoms with Crippen LogP contribution in [0.2, 0.25) is 0 Å². The third-order valence-electron chi connectivity index (χ3n) is 19.5. The van der Waals surface area contributed by atoms with E-state index in [1.165, 1.54) is 12.5 Å². The van der Waals surface area contributed by atoms with Crippen molar-refractivity contribution in [2.24, 2.45) is 46.3 Å². The smallest absolute Gasteiger partial charge is 0.187 e. The first-order chi connectivity index (χ1) is 35.1. The molecular weight excluding hydrogens is 981 g/mol. The first-order valence-electron chi connectivity index (χ1n) is 26.9. The van der Waals surface area contributed by atoms with E-state index in [1.54, 1.807) is 0 Å². The van der Waals surface area contributed by atoms with E-state index in [1.807, 2.05) is 6.92 Å². The number of fused-ring (bicyclic) bond motifs is 7. The summed E-state index contributed by atoms with van der Waals surface area (Å²) in [7, 11) is 0. The third kappa shape index (κ3) is 10.3. The Morgan fingerprint density at radius 1 is 0.595 bits per heavy atom. The van der Waals surface area contributed by atoms with E-state index in [0.717, 1.165) is 44.3 Å². The normalized spacial score (nSPS) is 53.9. The molecule has 31 atom stereocenters. The molecule has 0 bridgehead atoms. The summed E-state index contributed by atoms with van der Waals surface area (Å²) >= 11 is 0. The summed E-state index contributed by atoms with van der Waals surface area (Å²) in [5.74, 6) is 2.54. The van der Waals surface area contributed by atoms with Crippen LogP contribution in [0.5, 0.6) is 0 Å². The summed E-state index contributed by atoms with van der Waals surface area (Å²) in [6.07, 6.45) is -25.9. The Bertz CT molecular complexity index is 1910. The van der Waals surface area contributed by atoms with Gasteiger partial charge >= 0.3 is 0 Å². The summed E-state index contributed by atoms with van der Waals surface area (Å²) in [6.45, 7) is 8.53. The Hall–Kier alpha value is -1.34. The molecule has 0 aromatic carbocycles. The van der Waals surface area contributed by atoms with E-state index in [9.17, 15) is 71.5 Å². The fraction of sp³-hybridized carbons (Fsp3) is 0.961. The van der Waals surface area contributed by atoms with Gasteiger partial charge < -0.3 is 114 Å². The Balaban J connectivity index is 0.866. The van der Waals surface area contributed by atoms with Crippen LogP contribution in [0.15, 0.2) is 11.3 Å². The van der Waals surface area contributed by atoms with Crippen LogP contribution in [0.3, 0.4) is 0 Å². The van der Waals surface area contributed by atoms with E-state index in [4.69, 9.17) is 42.6 Å². The zero-order valence-corrected chi connectivity index (χ0v) is 42.9. The topological polar surface area (TPSA) is 366 Å². The molecule has 8 fully saturated rings. The third-order valence-corrected chi connectivity index (χ3v) is 19.5. The molecule has 9 aliphatic rings. The zero-order chi connectivity index (χ0) is 53.5. The monoisotopic (exact) mass is 1060 g/mol. The fourth-order valence-corrected chi connectivity index (χ4v) is 15.2. The van der Waals surface area contributed by atoms with E-state index in [-0.39, 0.29) is 41.3 Å². The van der Waals surface area contributed by atoms with Gasteiger partial charge in [0.05, 0.1) is 50.5 Å². The highest BCUT2D eigenvalue weighted by Gasteiger charge is 2.66. The second-order valence-electron chi connectivity index (χ2n) is 23.8. The van der Waals surface area contributed by atoms with Crippen molar-refractivity contribution in [2.45, 2.75) is 234 Å². The van der Waals surface area contributed by atoms with Gasteiger partial charge in [-0.25, -0.2) is 0 Å². The molecule has 426 valence electrons. The summed E-state index contributed by atoms with van der Waals surface area (Å²) < 4.78 is 54.7. The van der Waals surface area contributed by atoms with Crippen molar-refractivity contribution >= 4 is 0 Å². The Labute approximate surface area is 430 Å². The summed E-state index contributed by atoms with van der Waals surface area (Å²) in [4.78, 5) is 0. The SMILES string of the molecule is CC1=C(CC[C@H](C)CO[C@@H]2O[C@H](CO)[C@@H](O)[C@H](O)[C@H]2O)OC2CC3C4CCC5C[C@@H](O[C@@H]6O[C@H](CO)[C@@H](O)[C@H](O[C@@H]7O[C@H](CO)[C@@H](O)[C@H](O)[C@H]7O)[C@H]6O[C@@H]6O[C@@H](C)[C@H](O)[C@@H](O)[C@H]6O)C(O)C[C@]5(C)C4CC[C@]3(C)C12. The molecule has 4 saturated heterocycles. The molecule has 4 saturated carbocycles. The molecule has 23 heteroatoms. The molecule has 5 heterocycles. The lowest BCUT2D eigenvalue weighted by Crippen LogP contribution is -2.67. The number of aliphatic hydroxyl groups excluding tert-OH is 14. The molecule has 5 aliphatic heterocycles. The van der Waals surface area contributed by atoms with Crippen LogP contribution in [0.25, 0.3) is 0 Å².